The Hall–Kier alpha value is -2.74. The van der Waals surface area contributed by atoms with Gasteiger partial charge in [0.25, 0.3) is 5.91 Å². The second-order valence-corrected chi connectivity index (χ2v) is 6.62. The molecule has 7 nitrogen and oxygen atoms in total. The number of nitrogens with zero attached hydrogens (tertiary/aromatic N) is 3. The highest BCUT2D eigenvalue weighted by atomic mass is 19.1. The molecule has 3 heterocycles. The van der Waals surface area contributed by atoms with Gasteiger partial charge in [0.05, 0.1) is 12.1 Å². The molecule has 26 heavy (non-hydrogen) atoms. The van der Waals surface area contributed by atoms with Crippen molar-refractivity contribution in [2.24, 2.45) is 7.05 Å². The maximum atomic E-state index is 13.3. The third-order valence-corrected chi connectivity index (χ3v) is 5.06. The first-order valence-electron chi connectivity index (χ1n) is 8.46. The van der Waals surface area contributed by atoms with Crippen LogP contribution in [0, 0.1) is 5.82 Å². The molecule has 2 aromatic rings. The first-order chi connectivity index (χ1) is 12.5. The highest BCUT2D eigenvalue weighted by molar-refractivity contribution is 5.91. The van der Waals surface area contributed by atoms with Gasteiger partial charge in [0.15, 0.2) is 5.82 Å². The van der Waals surface area contributed by atoms with E-state index < -0.39 is 0 Å². The van der Waals surface area contributed by atoms with E-state index in [1.165, 1.54) is 12.1 Å². The fourth-order valence-electron chi connectivity index (χ4n) is 3.73. The summed E-state index contributed by atoms with van der Waals surface area (Å²) in [6.07, 6.45) is 2.94. The van der Waals surface area contributed by atoms with Crippen molar-refractivity contribution in [1.82, 2.24) is 19.8 Å². The van der Waals surface area contributed by atoms with Crippen LogP contribution in [0.4, 0.5) is 4.39 Å². The van der Waals surface area contributed by atoms with Crippen molar-refractivity contribution < 1.29 is 18.7 Å². The number of amides is 2. The van der Waals surface area contributed by atoms with Crippen LogP contribution in [0.1, 0.15) is 22.1 Å². The molecule has 2 saturated heterocycles. The molecule has 4 rings (SSSR count). The number of ether oxygens (including phenoxy) is 1. The van der Waals surface area contributed by atoms with Gasteiger partial charge in [0.1, 0.15) is 12.4 Å². The van der Waals surface area contributed by atoms with E-state index in [1.54, 1.807) is 41.0 Å². The van der Waals surface area contributed by atoms with E-state index in [-0.39, 0.29) is 42.3 Å². The number of rotatable bonds is 2. The van der Waals surface area contributed by atoms with Gasteiger partial charge in [-0.15, -0.1) is 0 Å². The number of imidazole rings is 1. The molecule has 0 unspecified atom stereocenters. The Labute approximate surface area is 149 Å². The van der Waals surface area contributed by atoms with E-state index in [0.717, 1.165) is 5.56 Å². The molecular weight excluding hydrogens is 339 g/mol. The molecule has 2 amide bonds. The van der Waals surface area contributed by atoms with Gasteiger partial charge in [-0.1, -0.05) is 12.1 Å². The number of fused-ring (bicyclic) bond motifs is 1. The third-order valence-electron chi connectivity index (χ3n) is 5.06. The van der Waals surface area contributed by atoms with Crippen LogP contribution in [-0.2, 0) is 16.6 Å². The van der Waals surface area contributed by atoms with Crippen LogP contribution >= 0.6 is 0 Å². The van der Waals surface area contributed by atoms with E-state index in [4.69, 9.17) is 4.74 Å². The van der Waals surface area contributed by atoms with Gasteiger partial charge in [-0.3, -0.25) is 9.59 Å². The number of carbonyl (C=O) groups is 2. The molecule has 2 fully saturated rings. The molecule has 1 aromatic carbocycles. The van der Waals surface area contributed by atoms with Gasteiger partial charge in [-0.2, -0.15) is 0 Å². The van der Waals surface area contributed by atoms with Crippen LogP contribution in [0.15, 0.2) is 36.7 Å². The second kappa shape index (κ2) is 6.53. The average Bonchev–Trinajstić information content (AvgIpc) is 3.16. The Balaban J connectivity index is 1.68. The minimum atomic E-state index is -0.344. The lowest BCUT2D eigenvalue weighted by molar-refractivity contribution is -0.125. The molecule has 0 spiro atoms. The molecule has 2 aliphatic rings. The lowest BCUT2D eigenvalue weighted by atomic mass is 9.93. The fourth-order valence-corrected chi connectivity index (χ4v) is 3.73. The molecular formula is C18H19FN4O3. The van der Waals surface area contributed by atoms with E-state index in [1.807, 2.05) is 0 Å². The van der Waals surface area contributed by atoms with E-state index in [2.05, 4.69) is 10.3 Å². The van der Waals surface area contributed by atoms with Gasteiger partial charge in [0, 0.05) is 38.4 Å². The van der Waals surface area contributed by atoms with Crippen molar-refractivity contribution in [1.29, 1.82) is 0 Å². The predicted molar refractivity (Wildman–Crippen MR) is 89.9 cm³/mol. The molecule has 1 aromatic heterocycles. The molecule has 3 atom stereocenters. The maximum Gasteiger partial charge on any atom is 0.290 e. The SMILES string of the molecule is Cn1ccnc1C(=O)N1C[C@H](c2ccc(F)cc2)[C@H]2OCC(=O)NC[C@H]21. The monoisotopic (exact) mass is 358 g/mol. The summed E-state index contributed by atoms with van der Waals surface area (Å²) in [7, 11) is 1.76. The highest BCUT2D eigenvalue weighted by Crippen LogP contribution is 2.35. The minimum absolute atomic E-state index is 0.0523. The summed E-state index contributed by atoms with van der Waals surface area (Å²) in [6, 6.07) is 5.90. The molecule has 8 heteroatoms. The number of likely N-dealkylation sites (tertiary alicyclic amines) is 1. The highest BCUT2D eigenvalue weighted by Gasteiger charge is 2.47. The van der Waals surface area contributed by atoms with Gasteiger partial charge < -0.3 is 19.5 Å². The van der Waals surface area contributed by atoms with Crippen molar-refractivity contribution >= 4 is 11.8 Å². The Kier molecular flexibility index (Phi) is 4.20. The standard InChI is InChI=1S/C18H19FN4O3/c1-22-7-6-20-17(22)18(25)23-9-13(11-2-4-12(19)5-3-11)16-14(23)8-21-15(24)10-26-16/h2-7,13-14,16H,8-10H2,1H3,(H,21,24)/t13-,14-,16-/m1/s1. The Morgan fingerprint density at radius 2 is 2.12 bits per heavy atom. The summed E-state index contributed by atoms with van der Waals surface area (Å²) in [6.45, 7) is 0.684. The predicted octanol–water partition coefficient (Wildman–Crippen LogP) is 0.682. The summed E-state index contributed by atoms with van der Waals surface area (Å²) >= 11 is 0. The van der Waals surface area contributed by atoms with E-state index in [0.29, 0.717) is 18.9 Å². The average molecular weight is 358 g/mol. The summed E-state index contributed by atoms with van der Waals surface area (Å²) in [5.41, 5.74) is 0.880. The lowest BCUT2D eigenvalue weighted by Crippen LogP contribution is -2.46. The van der Waals surface area contributed by atoms with Gasteiger partial charge in [0.2, 0.25) is 5.91 Å². The molecule has 0 bridgehead atoms. The number of nitrogens with one attached hydrogen (secondary N) is 1. The first-order valence-corrected chi connectivity index (χ1v) is 8.46. The number of benzene rings is 1. The van der Waals surface area contributed by atoms with Gasteiger partial charge in [-0.25, -0.2) is 9.37 Å². The third kappa shape index (κ3) is 2.86. The summed E-state index contributed by atoms with van der Waals surface area (Å²) in [5.74, 6) is -0.544. The topological polar surface area (TPSA) is 76.5 Å². The lowest BCUT2D eigenvalue weighted by Gasteiger charge is -2.25. The Bertz CT molecular complexity index is 835. The van der Waals surface area contributed by atoms with Crippen molar-refractivity contribution in [3.8, 4) is 0 Å². The van der Waals surface area contributed by atoms with Crippen LogP contribution in [-0.4, -0.2) is 58.1 Å². The van der Waals surface area contributed by atoms with Crippen LogP contribution < -0.4 is 5.32 Å². The van der Waals surface area contributed by atoms with Crippen molar-refractivity contribution in [2.45, 2.75) is 18.1 Å². The van der Waals surface area contributed by atoms with Gasteiger partial charge >= 0.3 is 0 Å². The summed E-state index contributed by atoms with van der Waals surface area (Å²) in [4.78, 5) is 30.6. The summed E-state index contributed by atoms with van der Waals surface area (Å²) < 4.78 is 20.8. The number of halogens is 1. The zero-order valence-electron chi connectivity index (χ0n) is 14.3. The van der Waals surface area contributed by atoms with E-state index >= 15 is 0 Å². The second-order valence-electron chi connectivity index (χ2n) is 6.62. The van der Waals surface area contributed by atoms with E-state index in [9.17, 15) is 14.0 Å². The Morgan fingerprint density at radius 1 is 1.35 bits per heavy atom. The molecule has 0 aliphatic carbocycles. The fraction of sp³-hybridized carbons (Fsp3) is 0.389. The maximum absolute atomic E-state index is 13.3. The number of hydrogen-bond donors (Lipinski definition) is 1. The van der Waals surface area contributed by atoms with Crippen LogP contribution in [0.2, 0.25) is 0 Å². The Morgan fingerprint density at radius 3 is 2.81 bits per heavy atom. The van der Waals surface area contributed by atoms with Crippen LogP contribution in [0.3, 0.4) is 0 Å². The molecule has 0 saturated carbocycles. The molecule has 1 N–H and O–H groups in total. The zero-order valence-corrected chi connectivity index (χ0v) is 14.3. The number of aryl methyl sites for hydroxylation is 1. The smallest absolute Gasteiger partial charge is 0.290 e. The van der Waals surface area contributed by atoms with Crippen molar-refractivity contribution in [2.75, 3.05) is 19.7 Å². The number of carbonyl (C=O) groups excluding carboxylic acids is 2. The molecule has 2 aliphatic heterocycles. The number of hydrogen-bond acceptors (Lipinski definition) is 4. The van der Waals surface area contributed by atoms with Crippen LogP contribution in [0.5, 0.6) is 0 Å². The first kappa shape index (κ1) is 16.7. The largest absolute Gasteiger partial charge is 0.365 e. The normalized spacial score (nSPS) is 25.5. The zero-order chi connectivity index (χ0) is 18.3. The minimum Gasteiger partial charge on any atom is -0.365 e. The summed E-state index contributed by atoms with van der Waals surface area (Å²) in [5, 5.41) is 2.80. The van der Waals surface area contributed by atoms with Crippen LogP contribution in [0.25, 0.3) is 0 Å². The molecule has 0 radical (unpaired) electrons. The molecule has 136 valence electrons. The number of aromatic nitrogens is 2. The quantitative estimate of drug-likeness (QED) is 0.857. The van der Waals surface area contributed by atoms with Crippen molar-refractivity contribution in [3.63, 3.8) is 0 Å². The van der Waals surface area contributed by atoms with Gasteiger partial charge in [-0.05, 0) is 17.7 Å². The van der Waals surface area contributed by atoms with Crippen molar-refractivity contribution in [3.05, 3.63) is 53.9 Å².